The van der Waals surface area contributed by atoms with E-state index in [2.05, 4.69) is 20.1 Å². The van der Waals surface area contributed by atoms with E-state index in [1.165, 1.54) is 30.5 Å². The number of oxazole rings is 1. The van der Waals surface area contributed by atoms with Crippen LogP contribution in [0.15, 0.2) is 71.3 Å². The van der Waals surface area contributed by atoms with Gasteiger partial charge in [0, 0.05) is 12.3 Å². The Balaban J connectivity index is 1.52. The molecule has 0 saturated heterocycles. The Morgan fingerprint density at radius 2 is 1.83 bits per heavy atom. The van der Waals surface area contributed by atoms with Crippen molar-refractivity contribution in [2.24, 2.45) is 5.90 Å². The van der Waals surface area contributed by atoms with Crippen molar-refractivity contribution in [3.05, 3.63) is 78.1 Å². The number of nitrogens with zero attached hydrogens (tertiary/aromatic N) is 2. The predicted molar refractivity (Wildman–Crippen MR) is 102 cm³/mol. The number of benzene rings is 2. The van der Waals surface area contributed by atoms with Crippen molar-refractivity contribution in [3.63, 3.8) is 0 Å². The van der Waals surface area contributed by atoms with Gasteiger partial charge in [-0.05, 0) is 36.4 Å². The van der Waals surface area contributed by atoms with Crippen molar-refractivity contribution in [1.29, 1.82) is 0 Å². The summed E-state index contributed by atoms with van der Waals surface area (Å²) in [5.74, 6) is 4.73. The molecule has 0 fully saturated rings. The van der Waals surface area contributed by atoms with Gasteiger partial charge in [-0.25, -0.2) is 4.79 Å². The van der Waals surface area contributed by atoms with Gasteiger partial charge in [-0.2, -0.15) is 10.9 Å². The van der Waals surface area contributed by atoms with Crippen LogP contribution in [0.1, 0.15) is 20.8 Å². The minimum atomic E-state index is -0.708. The van der Waals surface area contributed by atoms with Crippen molar-refractivity contribution in [3.8, 4) is 11.5 Å². The molecule has 29 heavy (non-hydrogen) atoms. The van der Waals surface area contributed by atoms with Crippen molar-refractivity contribution >= 4 is 29.0 Å². The predicted octanol–water partition coefficient (Wildman–Crippen LogP) is 3.30. The maximum absolute atomic E-state index is 12.5. The SMILES string of the molecule is NOC(=O)c1ccc2oc(NC(=O)c3cc(Oc4ccccc4)ccn3)nc2c1. The van der Waals surface area contributed by atoms with Gasteiger partial charge in [0.15, 0.2) is 5.58 Å². The zero-order valence-corrected chi connectivity index (χ0v) is 14.9. The third-order valence-corrected chi connectivity index (χ3v) is 3.89. The molecule has 0 aliphatic rings. The van der Waals surface area contributed by atoms with Crippen LogP contribution in [0.2, 0.25) is 0 Å². The molecule has 0 aliphatic carbocycles. The molecule has 0 atom stereocenters. The molecular formula is C20H14N4O5. The smallest absolute Gasteiger partial charge is 0.356 e. The summed E-state index contributed by atoms with van der Waals surface area (Å²) in [4.78, 5) is 36.4. The highest BCUT2D eigenvalue weighted by atomic mass is 16.7. The summed E-state index contributed by atoms with van der Waals surface area (Å²) in [7, 11) is 0. The standard InChI is InChI=1S/C20H14N4O5/c21-29-19(26)12-6-7-17-15(10-12)23-20(28-17)24-18(25)16-11-14(8-9-22-16)27-13-4-2-1-3-5-13/h1-11H,21H2,(H,23,24,25). The lowest BCUT2D eigenvalue weighted by atomic mass is 10.2. The number of aromatic nitrogens is 2. The van der Waals surface area contributed by atoms with Crippen LogP contribution in [0.3, 0.4) is 0 Å². The lowest BCUT2D eigenvalue weighted by Gasteiger charge is -2.06. The molecule has 9 heteroatoms. The molecule has 0 bridgehead atoms. The van der Waals surface area contributed by atoms with Crippen LogP contribution in [-0.2, 0) is 4.84 Å². The number of para-hydroxylation sites is 1. The maximum Gasteiger partial charge on any atom is 0.356 e. The van der Waals surface area contributed by atoms with Crippen molar-refractivity contribution in [1.82, 2.24) is 9.97 Å². The van der Waals surface area contributed by atoms with Crippen LogP contribution in [0, 0.1) is 0 Å². The van der Waals surface area contributed by atoms with Gasteiger partial charge in [0.05, 0.1) is 5.56 Å². The quantitative estimate of drug-likeness (QED) is 0.497. The van der Waals surface area contributed by atoms with E-state index in [1.54, 1.807) is 18.2 Å². The second-order valence-corrected chi connectivity index (χ2v) is 5.85. The Morgan fingerprint density at radius 3 is 2.62 bits per heavy atom. The lowest BCUT2D eigenvalue weighted by Crippen LogP contribution is -2.13. The Labute approximate surface area is 164 Å². The maximum atomic E-state index is 12.5. The summed E-state index contributed by atoms with van der Waals surface area (Å²) in [6, 6.07) is 16.7. The summed E-state index contributed by atoms with van der Waals surface area (Å²) in [5.41, 5.74) is 1.06. The molecule has 4 aromatic rings. The van der Waals surface area contributed by atoms with E-state index in [0.717, 1.165) is 0 Å². The number of amides is 1. The number of pyridine rings is 1. The number of ether oxygens (including phenoxy) is 1. The van der Waals surface area contributed by atoms with Gasteiger partial charge in [0.25, 0.3) is 5.91 Å². The van der Waals surface area contributed by atoms with Gasteiger partial charge in [-0.3, -0.25) is 15.1 Å². The van der Waals surface area contributed by atoms with Crippen molar-refractivity contribution in [2.45, 2.75) is 0 Å². The van der Waals surface area contributed by atoms with E-state index in [0.29, 0.717) is 22.6 Å². The van der Waals surface area contributed by atoms with Crippen LogP contribution in [0.4, 0.5) is 6.01 Å². The highest BCUT2D eigenvalue weighted by molar-refractivity contribution is 6.02. The summed E-state index contributed by atoms with van der Waals surface area (Å²) in [5, 5.41) is 2.53. The van der Waals surface area contributed by atoms with Gasteiger partial charge in [0.2, 0.25) is 0 Å². The Morgan fingerprint density at radius 1 is 1.00 bits per heavy atom. The largest absolute Gasteiger partial charge is 0.457 e. The van der Waals surface area contributed by atoms with E-state index in [1.807, 2.05) is 18.2 Å². The average Bonchev–Trinajstić information content (AvgIpc) is 3.15. The summed E-state index contributed by atoms with van der Waals surface area (Å²) in [6.07, 6.45) is 1.46. The fraction of sp³-hybridized carbons (Fsp3) is 0. The number of carbonyl (C=O) groups is 2. The molecule has 2 aromatic heterocycles. The Hall–Kier alpha value is -4.24. The number of rotatable bonds is 5. The first-order chi connectivity index (χ1) is 14.1. The third-order valence-electron chi connectivity index (χ3n) is 3.89. The molecule has 0 spiro atoms. The van der Waals surface area contributed by atoms with E-state index in [4.69, 9.17) is 15.1 Å². The van der Waals surface area contributed by atoms with Crippen LogP contribution in [0.5, 0.6) is 11.5 Å². The average molecular weight is 390 g/mol. The highest BCUT2D eigenvalue weighted by Gasteiger charge is 2.15. The highest BCUT2D eigenvalue weighted by Crippen LogP contribution is 2.23. The molecule has 1 amide bonds. The first-order valence-corrected chi connectivity index (χ1v) is 8.44. The van der Waals surface area contributed by atoms with Gasteiger partial charge < -0.3 is 14.0 Å². The van der Waals surface area contributed by atoms with E-state index in [9.17, 15) is 9.59 Å². The summed E-state index contributed by atoms with van der Waals surface area (Å²) >= 11 is 0. The topological polar surface area (TPSA) is 130 Å². The second-order valence-electron chi connectivity index (χ2n) is 5.85. The van der Waals surface area contributed by atoms with E-state index in [-0.39, 0.29) is 17.3 Å². The van der Waals surface area contributed by atoms with Crippen LogP contribution < -0.4 is 16.0 Å². The number of carbonyl (C=O) groups excluding carboxylic acids is 2. The molecule has 144 valence electrons. The molecule has 0 unspecified atom stereocenters. The molecule has 2 heterocycles. The van der Waals surface area contributed by atoms with Crippen molar-refractivity contribution < 1.29 is 23.6 Å². The third kappa shape index (κ3) is 4.04. The normalized spacial score (nSPS) is 10.5. The molecule has 0 saturated carbocycles. The molecule has 4 rings (SSSR count). The van der Waals surface area contributed by atoms with E-state index >= 15 is 0 Å². The van der Waals surface area contributed by atoms with Gasteiger partial charge >= 0.3 is 12.0 Å². The zero-order valence-electron chi connectivity index (χ0n) is 14.9. The van der Waals surface area contributed by atoms with Gasteiger partial charge in [-0.15, -0.1) is 0 Å². The number of hydrogen-bond donors (Lipinski definition) is 2. The number of fused-ring (bicyclic) bond motifs is 1. The molecule has 0 radical (unpaired) electrons. The van der Waals surface area contributed by atoms with Crippen LogP contribution in [0.25, 0.3) is 11.1 Å². The molecule has 3 N–H and O–H groups in total. The van der Waals surface area contributed by atoms with Gasteiger partial charge in [0.1, 0.15) is 22.7 Å². The molecule has 0 aliphatic heterocycles. The van der Waals surface area contributed by atoms with E-state index < -0.39 is 11.9 Å². The molecular weight excluding hydrogens is 376 g/mol. The number of hydrogen-bond acceptors (Lipinski definition) is 8. The second kappa shape index (κ2) is 7.79. The van der Waals surface area contributed by atoms with Crippen LogP contribution >= 0.6 is 0 Å². The van der Waals surface area contributed by atoms with Gasteiger partial charge in [-0.1, -0.05) is 18.2 Å². The fourth-order valence-corrected chi connectivity index (χ4v) is 2.56. The fourth-order valence-electron chi connectivity index (χ4n) is 2.56. The van der Waals surface area contributed by atoms with Crippen LogP contribution in [-0.4, -0.2) is 21.8 Å². The number of anilines is 1. The zero-order chi connectivity index (χ0) is 20.2. The number of nitrogens with two attached hydrogens (primary N) is 1. The number of nitrogens with one attached hydrogen (secondary N) is 1. The Kier molecular flexibility index (Phi) is 4.87. The molecule has 9 nitrogen and oxygen atoms in total. The summed E-state index contributed by atoms with van der Waals surface area (Å²) < 4.78 is 11.2. The molecule has 2 aromatic carbocycles. The van der Waals surface area contributed by atoms with Crippen molar-refractivity contribution in [2.75, 3.05) is 5.32 Å². The minimum absolute atomic E-state index is 0.0422. The first-order valence-electron chi connectivity index (χ1n) is 8.44. The lowest BCUT2D eigenvalue weighted by molar-refractivity contribution is 0.0503. The first kappa shape index (κ1) is 18.1. The monoisotopic (exact) mass is 390 g/mol. The minimum Gasteiger partial charge on any atom is -0.457 e. The summed E-state index contributed by atoms with van der Waals surface area (Å²) in [6.45, 7) is 0. The Bertz CT molecular complexity index is 1190.